The molecule has 1 saturated heterocycles. The van der Waals surface area contributed by atoms with Crippen LogP contribution in [-0.2, 0) is 0 Å². The number of para-hydroxylation sites is 2. The maximum Gasteiger partial charge on any atom is 0.139 e. The lowest BCUT2D eigenvalue weighted by Gasteiger charge is -2.35. The highest BCUT2D eigenvalue weighted by Gasteiger charge is 2.23. The Morgan fingerprint density at radius 1 is 1.00 bits per heavy atom. The molecule has 0 aliphatic carbocycles. The second-order valence-electron chi connectivity index (χ2n) is 6.09. The summed E-state index contributed by atoms with van der Waals surface area (Å²) in [7, 11) is 2.13. The van der Waals surface area contributed by atoms with Crippen LogP contribution in [0.15, 0.2) is 41.4 Å². The molecule has 0 spiro atoms. The molecule has 1 fully saturated rings. The Morgan fingerprint density at radius 3 is 2.61 bits per heavy atom. The molecule has 2 aromatic rings. The predicted octanol–water partition coefficient (Wildman–Crippen LogP) is 2.95. The number of aliphatic imine (C=N–C) groups is 1. The summed E-state index contributed by atoms with van der Waals surface area (Å²) >= 11 is 0. The van der Waals surface area contributed by atoms with Crippen LogP contribution in [0.5, 0.6) is 5.75 Å². The van der Waals surface area contributed by atoms with Crippen LogP contribution in [-0.4, -0.2) is 49.4 Å². The molecule has 2 aromatic carbocycles. The number of rotatable bonds is 1. The Bertz CT molecular complexity index is 764. The number of nitrogens with one attached hydrogen (secondary N) is 1. The lowest BCUT2D eigenvalue weighted by atomic mass is 10.1. The average Bonchev–Trinajstić information content (AvgIpc) is 2.75. The highest BCUT2D eigenvalue weighted by molar-refractivity contribution is 6.02. The third-order valence-corrected chi connectivity index (χ3v) is 4.52. The van der Waals surface area contributed by atoms with Crippen molar-refractivity contribution >= 4 is 29.0 Å². The van der Waals surface area contributed by atoms with Gasteiger partial charge in [-0.05, 0) is 31.3 Å². The van der Waals surface area contributed by atoms with Crippen molar-refractivity contribution in [1.82, 2.24) is 4.90 Å². The molecule has 0 atom stereocenters. The molecule has 0 unspecified atom stereocenters. The van der Waals surface area contributed by atoms with Crippen LogP contribution in [0.1, 0.15) is 5.56 Å². The Morgan fingerprint density at radius 2 is 1.78 bits per heavy atom. The number of anilines is 3. The zero-order chi connectivity index (χ0) is 15.8. The summed E-state index contributed by atoms with van der Waals surface area (Å²) in [6.07, 6.45) is 1.86. The number of fused-ring (bicyclic) bond motifs is 2. The minimum absolute atomic E-state index is 0.313. The van der Waals surface area contributed by atoms with Crippen molar-refractivity contribution in [3.8, 4) is 5.75 Å². The first-order valence-corrected chi connectivity index (χ1v) is 7.92. The van der Waals surface area contributed by atoms with Gasteiger partial charge in [0, 0.05) is 43.6 Å². The molecule has 2 N–H and O–H groups in total. The van der Waals surface area contributed by atoms with Crippen molar-refractivity contribution in [2.24, 2.45) is 4.99 Å². The fourth-order valence-corrected chi connectivity index (χ4v) is 3.17. The van der Waals surface area contributed by atoms with E-state index >= 15 is 0 Å². The van der Waals surface area contributed by atoms with Crippen LogP contribution in [0.4, 0.5) is 22.7 Å². The molecule has 5 heteroatoms. The van der Waals surface area contributed by atoms with Crippen LogP contribution in [0.2, 0.25) is 0 Å². The molecule has 0 radical (unpaired) electrons. The standard InChI is InChI=1S/C18H20N4O/c1-21-8-10-22(11-9-21)18-13-12-19-15-4-2-3-5-16(15)20-14(13)6-7-17(18)23/h2-7,12,20,23H,8-11H2,1H3. The lowest BCUT2D eigenvalue weighted by molar-refractivity contribution is 0.311. The molecule has 4 rings (SSSR count). The quantitative estimate of drug-likeness (QED) is 0.679. The number of phenolic OH excluding ortho intramolecular Hbond substituents is 1. The minimum Gasteiger partial charge on any atom is -0.506 e. The number of likely N-dealkylation sites (N-methyl/N-ethyl adjacent to an activating group) is 1. The lowest BCUT2D eigenvalue weighted by Crippen LogP contribution is -2.44. The van der Waals surface area contributed by atoms with Crippen molar-refractivity contribution in [2.75, 3.05) is 43.4 Å². The number of aromatic hydroxyl groups is 1. The smallest absolute Gasteiger partial charge is 0.139 e. The van der Waals surface area contributed by atoms with E-state index in [9.17, 15) is 5.11 Å². The molecule has 0 amide bonds. The Labute approximate surface area is 135 Å². The van der Waals surface area contributed by atoms with Gasteiger partial charge in [-0.15, -0.1) is 0 Å². The van der Waals surface area contributed by atoms with Crippen LogP contribution < -0.4 is 10.2 Å². The van der Waals surface area contributed by atoms with Crippen LogP contribution >= 0.6 is 0 Å². The van der Waals surface area contributed by atoms with E-state index < -0.39 is 0 Å². The number of hydrogen-bond donors (Lipinski definition) is 2. The third kappa shape index (κ3) is 2.53. The fourth-order valence-electron chi connectivity index (χ4n) is 3.17. The summed E-state index contributed by atoms with van der Waals surface area (Å²) in [6, 6.07) is 11.7. The number of hydrogen-bond acceptors (Lipinski definition) is 5. The van der Waals surface area contributed by atoms with E-state index in [1.807, 2.05) is 36.5 Å². The van der Waals surface area contributed by atoms with E-state index in [-0.39, 0.29) is 0 Å². The van der Waals surface area contributed by atoms with E-state index in [4.69, 9.17) is 0 Å². The van der Waals surface area contributed by atoms with Crippen molar-refractivity contribution in [2.45, 2.75) is 0 Å². The number of piperazine rings is 1. The second kappa shape index (κ2) is 5.59. The molecule has 5 nitrogen and oxygen atoms in total. The molecule has 0 bridgehead atoms. The van der Waals surface area contributed by atoms with Gasteiger partial charge in [-0.3, -0.25) is 4.99 Å². The largest absolute Gasteiger partial charge is 0.506 e. The topological polar surface area (TPSA) is 51.1 Å². The summed E-state index contributed by atoms with van der Waals surface area (Å²) in [5.74, 6) is 0.313. The number of nitrogens with zero attached hydrogens (tertiary/aromatic N) is 3. The van der Waals surface area contributed by atoms with E-state index in [1.165, 1.54) is 0 Å². The van der Waals surface area contributed by atoms with Crippen molar-refractivity contribution in [3.63, 3.8) is 0 Å². The highest BCUT2D eigenvalue weighted by atomic mass is 16.3. The monoisotopic (exact) mass is 308 g/mol. The molecule has 0 saturated carbocycles. The molecule has 2 aliphatic heterocycles. The average molecular weight is 308 g/mol. The van der Waals surface area contributed by atoms with Crippen LogP contribution in [0.3, 0.4) is 0 Å². The first-order chi connectivity index (χ1) is 11.2. The van der Waals surface area contributed by atoms with Gasteiger partial charge in [0.15, 0.2) is 0 Å². The molecular weight excluding hydrogens is 288 g/mol. The first kappa shape index (κ1) is 14.1. The van der Waals surface area contributed by atoms with Gasteiger partial charge in [0.05, 0.1) is 17.1 Å². The van der Waals surface area contributed by atoms with Gasteiger partial charge in [0.1, 0.15) is 5.75 Å². The highest BCUT2D eigenvalue weighted by Crippen LogP contribution is 2.40. The van der Waals surface area contributed by atoms with Crippen molar-refractivity contribution in [1.29, 1.82) is 0 Å². The van der Waals surface area contributed by atoms with Crippen molar-refractivity contribution < 1.29 is 5.11 Å². The van der Waals surface area contributed by atoms with E-state index in [2.05, 4.69) is 27.2 Å². The Kier molecular flexibility index (Phi) is 3.42. The second-order valence-corrected chi connectivity index (χ2v) is 6.09. The van der Waals surface area contributed by atoms with Crippen molar-refractivity contribution in [3.05, 3.63) is 42.0 Å². The first-order valence-electron chi connectivity index (χ1n) is 7.92. The van der Waals surface area contributed by atoms with Gasteiger partial charge in [-0.25, -0.2) is 0 Å². The summed E-state index contributed by atoms with van der Waals surface area (Å²) in [6.45, 7) is 3.80. The summed E-state index contributed by atoms with van der Waals surface area (Å²) < 4.78 is 0. The van der Waals surface area contributed by atoms with Gasteiger partial charge in [0.2, 0.25) is 0 Å². The maximum atomic E-state index is 10.4. The van der Waals surface area contributed by atoms with Crippen LogP contribution in [0.25, 0.3) is 0 Å². The normalized spacial score (nSPS) is 17.2. The van der Waals surface area contributed by atoms with Gasteiger partial charge in [0.25, 0.3) is 0 Å². The molecule has 2 aliphatic rings. The van der Waals surface area contributed by atoms with Gasteiger partial charge in [-0.2, -0.15) is 0 Å². The zero-order valence-electron chi connectivity index (χ0n) is 13.2. The molecule has 118 valence electrons. The van der Waals surface area contributed by atoms with E-state index in [0.717, 1.165) is 54.5 Å². The molecule has 0 aromatic heterocycles. The Hall–Kier alpha value is -2.53. The fraction of sp³-hybridized carbons (Fsp3) is 0.278. The molecular formula is C18H20N4O. The third-order valence-electron chi connectivity index (χ3n) is 4.52. The summed E-state index contributed by atoms with van der Waals surface area (Å²) in [5.41, 5.74) is 4.70. The van der Waals surface area contributed by atoms with E-state index in [0.29, 0.717) is 5.75 Å². The predicted molar refractivity (Wildman–Crippen MR) is 94.8 cm³/mol. The van der Waals surface area contributed by atoms with Crippen LogP contribution in [0, 0.1) is 0 Å². The maximum absolute atomic E-state index is 10.4. The Balaban J connectivity index is 1.79. The summed E-state index contributed by atoms with van der Waals surface area (Å²) in [4.78, 5) is 9.15. The minimum atomic E-state index is 0.313. The number of benzene rings is 2. The zero-order valence-corrected chi connectivity index (χ0v) is 13.2. The van der Waals surface area contributed by atoms with Gasteiger partial charge in [-0.1, -0.05) is 12.1 Å². The van der Waals surface area contributed by atoms with E-state index in [1.54, 1.807) is 6.07 Å². The number of phenols is 1. The van der Waals surface area contributed by atoms with Gasteiger partial charge >= 0.3 is 0 Å². The molecule has 2 heterocycles. The summed E-state index contributed by atoms with van der Waals surface area (Å²) in [5, 5.41) is 13.9. The van der Waals surface area contributed by atoms with Gasteiger partial charge < -0.3 is 20.2 Å². The molecule has 23 heavy (non-hydrogen) atoms. The SMILES string of the molecule is CN1CCN(c2c(O)ccc3c2C=Nc2ccccc2N3)CC1.